The van der Waals surface area contributed by atoms with Crippen LogP contribution in [0.5, 0.6) is 0 Å². The van der Waals surface area contributed by atoms with Crippen LogP contribution >= 0.6 is 11.6 Å². The Kier molecular flexibility index (Phi) is 7.36. The molecule has 42 heavy (non-hydrogen) atoms. The monoisotopic (exact) mass is 594 g/mol. The summed E-state index contributed by atoms with van der Waals surface area (Å²) in [5, 5.41) is 9.81. The van der Waals surface area contributed by atoms with Crippen LogP contribution in [-0.4, -0.2) is 56.2 Å². The van der Waals surface area contributed by atoms with Crippen LogP contribution < -0.4 is 10.5 Å². The van der Waals surface area contributed by atoms with Crippen molar-refractivity contribution in [1.29, 1.82) is 0 Å². The second kappa shape index (κ2) is 11.1. The molecule has 6 rings (SSSR count). The molecule has 3 aromatic carbocycles. The van der Waals surface area contributed by atoms with E-state index in [-0.39, 0.29) is 24.4 Å². The van der Waals surface area contributed by atoms with Crippen LogP contribution in [-0.2, 0) is 23.9 Å². The molecule has 1 fully saturated rings. The van der Waals surface area contributed by atoms with Crippen molar-refractivity contribution in [2.45, 2.75) is 25.6 Å². The van der Waals surface area contributed by atoms with Crippen LogP contribution in [0, 0.1) is 0 Å². The van der Waals surface area contributed by atoms with E-state index in [4.69, 9.17) is 11.6 Å². The van der Waals surface area contributed by atoms with Gasteiger partial charge < -0.3 is 9.80 Å². The first-order valence-corrected chi connectivity index (χ1v) is 13.9. The molecule has 0 N–H and O–H groups in total. The number of benzene rings is 3. The number of amides is 1. The third-order valence-corrected chi connectivity index (χ3v) is 7.81. The lowest BCUT2D eigenvalue weighted by Crippen LogP contribution is -2.48. The van der Waals surface area contributed by atoms with E-state index in [2.05, 4.69) is 10.2 Å². The van der Waals surface area contributed by atoms with Gasteiger partial charge in [-0.25, -0.2) is 0 Å². The molecule has 0 spiro atoms. The van der Waals surface area contributed by atoms with Crippen molar-refractivity contribution < 1.29 is 18.0 Å². The lowest BCUT2D eigenvalue weighted by molar-refractivity contribution is -0.137. The maximum atomic E-state index is 13.4. The Bertz CT molecular complexity index is 1830. The van der Waals surface area contributed by atoms with Crippen molar-refractivity contribution in [3.05, 3.63) is 105 Å². The van der Waals surface area contributed by atoms with Gasteiger partial charge in [0, 0.05) is 49.7 Å². The highest BCUT2D eigenvalue weighted by Crippen LogP contribution is 2.32. The predicted molar refractivity (Wildman–Crippen MR) is 154 cm³/mol. The number of aromatic nitrogens is 4. The summed E-state index contributed by atoms with van der Waals surface area (Å²) in [4.78, 5) is 30.2. The largest absolute Gasteiger partial charge is 0.416 e. The van der Waals surface area contributed by atoms with Gasteiger partial charge in [-0.1, -0.05) is 41.9 Å². The Morgan fingerprint density at radius 1 is 0.905 bits per heavy atom. The quantitative estimate of drug-likeness (QED) is 0.275. The summed E-state index contributed by atoms with van der Waals surface area (Å²) in [5.74, 6) is 0.863. The van der Waals surface area contributed by atoms with Crippen molar-refractivity contribution in [2.24, 2.45) is 0 Å². The highest BCUT2D eigenvalue weighted by molar-refractivity contribution is 6.30. The van der Waals surface area contributed by atoms with Crippen LogP contribution in [0.1, 0.15) is 23.4 Å². The molecule has 0 radical (unpaired) electrons. The first-order chi connectivity index (χ1) is 20.2. The molecule has 0 unspecified atom stereocenters. The summed E-state index contributed by atoms with van der Waals surface area (Å²) in [6, 6.07) is 19.7. The van der Waals surface area contributed by atoms with Gasteiger partial charge in [0.25, 0.3) is 5.56 Å². The molecule has 0 bridgehead atoms. The first kappa shape index (κ1) is 27.8. The SMILES string of the molecule is O=C(CCc1nnc2n(Cc3ccc(Cl)cc3)c(=O)c3ccccc3n12)N1CCN(c2cccc(C(F)(F)F)c2)CC1. The number of nitrogens with zero attached hydrogens (tertiary/aromatic N) is 6. The fraction of sp³-hybridized carbons (Fsp3) is 0.267. The molecule has 1 aliphatic heterocycles. The number of para-hydroxylation sites is 1. The van der Waals surface area contributed by atoms with Crippen LogP contribution in [0.3, 0.4) is 0 Å². The van der Waals surface area contributed by atoms with E-state index in [1.165, 1.54) is 6.07 Å². The van der Waals surface area contributed by atoms with Crippen molar-refractivity contribution in [3.63, 3.8) is 0 Å². The number of hydrogen-bond acceptors (Lipinski definition) is 5. The summed E-state index contributed by atoms with van der Waals surface area (Å²) in [5.41, 5.74) is 1.14. The average Bonchev–Trinajstić information content (AvgIpc) is 3.43. The summed E-state index contributed by atoms with van der Waals surface area (Å²) in [6.07, 6.45) is -3.93. The van der Waals surface area contributed by atoms with E-state index in [1.807, 2.05) is 33.6 Å². The molecule has 5 aromatic rings. The van der Waals surface area contributed by atoms with Crippen LogP contribution in [0.2, 0.25) is 5.02 Å². The van der Waals surface area contributed by atoms with Crippen LogP contribution in [0.25, 0.3) is 16.7 Å². The number of hydrogen-bond donors (Lipinski definition) is 0. The number of alkyl halides is 3. The van der Waals surface area contributed by atoms with E-state index < -0.39 is 11.7 Å². The van der Waals surface area contributed by atoms with Gasteiger partial charge in [0.2, 0.25) is 11.7 Å². The van der Waals surface area contributed by atoms with E-state index in [9.17, 15) is 22.8 Å². The Balaban J connectivity index is 1.19. The van der Waals surface area contributed by atoms with Gasteiger partial charge in [-0.3, -0.25) is 18.6 Å². The standard InChI is InChI=1S/C30H26ClF3N6O2/c31-22-10-8-20(9-11-22)19-39-28(42)24-6-1-2-7-25(24)40-26(35-36-29(39)40)12-13-27(41)38-16-14-37(15-17-38)23-5-3-4-21(18-23)30(32,33)34/h1-11,18H,12-17,19H2. The van der Waals surface area contributed by atoms with Crippen molar-refractivity contribution >= 4 is 39.9 Å². The maximum Gasteiger partial charge on any atom is 0.416 e. The predicted octanol–water partition coefficient (Wildman–Crippen LogP) is 5.05. The smallest absolute Gasteiger partial charge is 0.368 e. The number of halogens is 4. The molecule has 0 atom stereocenters. The molecule has 216 valence electrons. The minimum Gasteiger partial charge on any atom is -0.368 e. The lowest BCUT2D eigenvalue weighted by atomic mass is 10.1. The molecule has 1 aliphatic rings. The Hall–Kier alpha value is -4.38. The molecule has 8 nitrogen and oxygen atoms in total. The zero-order valence-corrected chi connectivity index (χ0v) is 23.1. The Morgan fingerprint density at radius 3 is 2.38 bits per heavy atom. The van der Waals surface area contributed by atoms with Crippen molar-refractivity contribution in [2.75, 3.05) is 31.1 Å². The van der Waals surface area contributed by atoms with Gasteiger partial charge in [0.05, 0.1) is 23.0 Å². The summed E-state index contributed by atoms with van der Waals surface area (Å²) >= 11 is 6.03. The second-order valence-corrected chi connectivity index (χ2v) is 10.6. The Morgan fingerprint density at radius 2 is 1.64 bits per heavy atom. The normalized spacial score (nSPS) is 14.2. The number of carbonyl (C=O) groups excluding carboxylic acids is 1. The van der Waals surface area contributed by atoms with Crippen LogP contribution in [0.15, 0.2) is 77.6 Å². The minimum absolute atomic E-state index is 0.0748. The number of rotatable bonds is 6. The number of fused-ring (bicyclic) bond motifs is 3. The number of anilines is 1. The van der Waals surface area contributed by atoms with E-state index in [0.29, 0.717) is 65.8 Å². The number of aryl methyl sites for hydroxylation is 1. The highest BCUT2D eigenvalue weighted by atomic mass is 35.5. The summed E-state index contributed by atoms with van der Waals surface area (Å²) < 4.78 is 42.8. The van der Waals surface area contributed by atoms with Gasteiger partial charge in [0.1, 0.15) is 5.82 Å². The van der Waals surface area contributed by atoms with Crippen LogP contribution in [0.4, 0.5) is 18.9 Å². The molecule has 0 aliphatic carbocycles. The molecule has 12 heteroatoms. The van der Waals surface area contributed by atoms with Gasteiger partial charge in [-0.15, -0.1) is 10.2 Å². The molecule has 1 saturated heterocycles. The third kappa shape index (κ3) is 5.44. The van der Waals surface area contributed by atoms with Gasteiger partial charge in [-0.2, -0.15) is 13.2 Å². The average molecular weight is 595 g/mol. The second-order valence-electron chi connectivity index (χ2n) is 10.2. The summed E-state index contributed by atoms with van der Waals surface area (Å²) in [7, 11) is 0. The number of piperazine rings is 1. The zero-order valence-electron chi connectivity index (χ0n) is 22.4. The fourth-order valence-electron chi connectivity index (χ4n) is 5.36. The minimum atomic E-state index is -4.41. The first-order valence-electron chi connectivity index (χ1n) is 13.5. The molecule has 2 aromatic heterocycles. The topological polar surface area (TPSA) is 75.7 Å². The van der Waals surface area contributed by atoms with E-state index in [0.717, 1.165) is 17.7 Å². The van der Waals surface area contributed by atoms with Gasteiger partial charge in [-0.05, 0) is 48.0 Å². The van der Waals surface area contributed by atoms with Crippen molar-refractivity contribution in [1.82, 2.24) is 24.1 Å². The fourth-order valence-corrected chi connectivity index (χ4v) is 5.49. The molecule has 3 heterocycles. The third-order valence-electron chi connectivity index (χ3n) is 7.56. The van der Waals surface area contributed by atoms with E-state index >= 15 is 0 Å². The lowest BCUT2D eigenvalue weighted by Gasteiger charge is -2.36. The highest BCUT2D eigenvalue weighted by Gasteiger charge is 2.31. The molecular weight excluding hydrogens is 569 g/mol. The maximum absolute atomic E-state index is 13.4. The van der Waals surface area contributed by atoms with Gasteiger partial charge >= 0.3 is 6.18 Å². The number of carbonyl (C=O) groups is 1. The summed E-state index contributed by atoms with van der Waals surface area (Å²) in [6.45, 7) is 1.95. The molecule has 1 amide bonds. The molecular formula is C30H26ClF3N6O2. The van der Waals surface area contributed by atoms with Crippen molar-refractivity contribution in [3.8, 4) is 0 Å². The van der Waals surface area contributed by atoms with E-state index in [1.54, 1.807) is 39.8 Å². The molecule has 0 saturated carbocycles. The van der Waals surface area contributed by atoms with Gasteiger partial charge in [0.15, 0.2) is 0 Å². The zero-order chi connectivity index (χ0) is 29.4. The Labute approximate surface area is 243 Å².